The van der Waals surface area contributed by atoms with Crippen LogP contribution in [0.2, 0.25) is 0 Å². The lowest BCUT2D eigenvalue weighted by atomic mass is 9.90. The summed E-state index contributed by atoms with van der Waals surface area (Å²) >= 11 is 0. The zero-order valence-electron chi connectivity index (χ0n) is 31.4. The third-order valence-corrected chi connectivity index (χ3v) is 9.36. The van der Waals surface area contributed by atoms with Crippen LogP contribution in [0.25, 0.3) is 22.5 Å². The van der Waals surface area contributed by atoms with Gasteiger partial charge in [-0.15, -0.1) is 0 Å². The van der Waals surface area contributed by atoms with E-state index in [9.17, 15) is 24.6 Å². The number of carboxylic acids is 1. The lowest BCUT2D eigenvalue weighted by molar-refractivity contribution is -0.146. The molecule has 3 atom stereocenters. The third-order valence-electron chi connectivity index (χ3n) is 9.36. The van der Waals surface area contributed by atoms with E-state index in [-0.39, 0.29) is 18.6 Å². The van der Waals surface area contributed by atoms with Gasteiger partial charge in [0.2, 0.25) is 5.91 Å². The molecule has 286 valence electrons. The van der Waals surface area contributed by atoms with E-state index in [1.165, 1.54) is 25.7 Å². The number of aliphatic hydroxyl groups is 1. The number of rotatable bonds is 21. The highest BCUT2D eigenvalue weighted by molar-refractivity contribution is 5.99. The summed E-state index contributed by atoms with van der Waals surface area (Å²) in [5.74, 6) is -1.30. The molecule has 0 bridgehead atoms. The number of aliphatic carboxylic acids is 1. The number of amides is 1. The predicted octanol–water partition coefficient (Wildman–Crippen LogP) is 8.29. The Morgan fingerprint density at radius 2 is 1.33 bits per heavy atom. The molecule has 0 radical (unpaired) electrons. The van der Waals surface area contributed by atoms with E-state index in [1.54, 1.807) is 67.0 Å². The first kappa shape index (κ1) is 40.3. The second-order valence-electron chi connectivity index (χ2n) is 13.4. The maximum atomic E-state index is 13.8. The molecular weight excluding hydrogens is 695 g/mol. The summed E-state index contributed by atoms with van der Waals surface area (Å²) in [6.45, 7) is 5.26. The molecule has 0 saturated carbocycles. The molecule has 10 nitrogen and oxygen atoms in total. The van der Waals surface area contributed by atoms with Gasteiger partial charge in [0.1, 0.15) is 17.6 Å². The number of carbonyl (C=O) groups excluding carboxylic acids is 2. The molecule has 0 aliphatic carbocycles. The second-order valence-corrected chi connectivity index (χ2v) is 13.4. The summed E-state index contributed by atoms with van der Waals surface area (Å²) in [6.07, 6.45) is 7.95. The molecule has 5 aromatic rings. The molecule has 0 fully saturated rings. The number of carboxylic acid groups (broad SMARTS) is 1. The lowest BCUT2D eigenvalue weighted by Crippen LogP contribution is -2.47. The van der Waals surface area contributed by atoms with E-state index in [1.807, 2.05) is 55.5 Å². The Kier molecular flexibility index (Phi) is 15.1. The fourth-order valence-electron chi connectivity index (χ4n) is 6.23. The molecule has 0 saturated heterocycles. The number of nitrogens with one attached hydrogen (secondary N) is 1. The van der Waals surface area contributed by atoms with Crippen LogP contribution in [0.3, 0.4) is 0 Å². The highest BCUT2D eigenvalue weighted by Crippen LogP contribution is 2.26. The van der Waals surface area contributed by atoms with Crippen LogP contribution in [0, 0.1) is 5.92 Å². The van der Waals surface area contributed by atoms with Gasteiger partial charge in [0.05, 0.1) is 13.2 Å². The average Bonchev–Trinajstić information content (AvgIpc) is 3.22. The van der Waals surface area contributed by atoms with Crippen molar-refractivity contribution in [2.45, 2.75) is 70.9 Å². The van der Waals surface area contributed by atoms with E-state index in [0.29, 0.717) is 35.9 Å². The average molecular weight is 744 g/mol. The summed E-state index contributed by atoms with van der Waals surface area (Å²) in [5.41, 5.74) is 4.10. The van der Waals surface area contributed by atoms with Crippen molar-refractivity contribution >= 4 is 17.7 Å². The topological polar surface area (TPSA) is 148 Å². The molecule has 1 amide bonds. The van der Waals surface area contributed by atoms with Crippen LogP contribution < -0.4 is 14.8 Å². The van der Waals surface area contributed by atoms with Gasteiger partial charge in [-0.1, -0.05) is 99.3 Å². The van der Waals surface area contributed by atoms with Gasteiger partial charge in [-0.3, -0.25) is 9.59 Å². The van der Waals surface area contributed by atoms with Crippen LogP contribution in [0.4, 0.5) is 0 Å². The number of hydrogen-bond acceptors (Lipinski definition) is 8. The molecule has 2 unspecified atom stereocenters. The van der Waals surface area contributed by atoms with Crippen molar-refractivity contribution < 1.29 is 34.1 Å². The first-order valence-corrected chi connectivity index (χ1v) is 18.9. The number of aromatic nitrogens is 2. The minimum absolute atomic E-state index is 0.140. The van der Waals surface area contributed by atoms with Gasteiger partial charge in [0.25, 0.3) is 0 Å². The Bertz CT molecular complexity index is 1950. The van der Waals surface area contributed by atoms with Crippen molar-refractivity contribution in [1.29, 1.82) is 0 Å². The van der Waals surface area contributed by atoms with E-state index in [2.05, 4.69) is 22.2 Å². The first-order chi connectivity index (χ1) is 26.7. The molecule has 4 aromatic carbocycles. The normalized spacial score (nSPS) is 12.6. The van der Waals surface area contributed by atoms with Crippen LogP contribution in [0.1, 0.15) is 80.0 Å². The number of nitrogens with zero attached hydrogens (tertiary/aromatic N) is 2. The van der Waals surface area contributed by atoms with Gasteiger partial charge in [-0.2, -0.15) is 0 Å². The number of aliphatic hydroxyl groups excluding tert-OH is 1. The molecule has 5 rings (SSSR count). The van der Waals surface area contributed by atoms with Crippen molar-refractivity contribution in [2.75, 3.05) is 13.2 Å². The largest absolute Gasteiger partial charge is 0.494 e. The van der Waals surface area contributed by atoms with Crippen LogP contribution >= 0.6 is 0 Å². The Hall–Kier alpha value is -5.87. The molecular formula is C45H49N3O7. The number of Topliss-reactive ketones (excluding diaryl/α,β-unsaturated/α-hetero) is 1. The lowest BCUT2D eigenvalue weighted by Gasteiger charge is -2.24. The standard InChI is InChI=1S/C45H49N3O7/c1-3-5-6-7-11-26-55-39-22-18-32(19-23-39)37-29-46-43(47-30-37)35-16-14-31(15-17-35)27-36(28-40(49)33-20-24-38(25-21-33)54-4-2)44(51)48-41(45(52)53)42(50)34-12-9-8-10-13-34/h8-10,12-25,29-30,36,41-42,50H,3-7,11,26-28H2,1-2H3,(H,48,51)(H,52,53)/t36-,41?,42?/m1/s1. The molecule has 10 heteroatoms. The molecule has 0 aliphatic rings. The fourth-order valence-corrected chi connectivity index (χ4v) is 6.23. The van der Waals surface area contributed by atoms with Crippen molar-refractivity contribution in [3.63, 3.8) is 0 Å². The third kappa shape index (κ3) is 11.8. The number of benzene rings is 4. The molecule has 1 aromatic heterocycles. The van der Waals surface area contributed by atoms with Crippen molar-refractivity contribution in [3.8, 4) is 34.0 Å². The highest BCUT2D eigenvalue weighted by atomic mass is 16.5. The van der Waals surface area contributed by atoms with Crippen molar-refractivity contribution in [3.05, 3.63) is 132 Å². The molecule has 1 heterocycles. The SMILES string of the molecule is CCCCCCCOc1ccc(-c2cnc(-c3ccc(C[C@H](CC(=O)c4ccc(OCC)cc4)C(=O)NC(C(=O)O)C(O)c4ccccc4)cc3)nc2)cc1. The summed E-state index contributed by atoms with van der Waals surface area (Å²) in [7, 11) is 0. The fraction of sp³-hybridized carbons (Fsp3) is 0.311. The number of hydrogen-bond donors (Lipinski definition) is 3. The first-order valence-electron chi connectivity index (χ1n) is 18.9. The number of unbranched alkanes of at least 4 members (excludes halogenated alkanes) is 4. The molecule has 0 spiro atoms. The zero-order valence-corrected chi connectivity index (χ0v) is 31.4. The van der Waals surface area contributed by atoms with Gasteiger partial charge >= 0.3 is 5.97 Å². The zero-order chi connectivity index (χ0) is 39.0. The van der Waals surface area contributed by atoms with E-state index in [0.717, 1.165) is 34.4 Å². The Balaban J connectivity index is 1.27. The Morgan fingerprint density at radius 3 is 1.96 bits per heavy atom. The van der Waals surface area contributed by atoms with Gasteiger partial charge < -0.3 is 25.0 Å². The van der Waals surface area contributed by atoms with Gasteiger partial charge in [-0.25, -0.2) is 14.8 Å². The number of carbonyl (C=O) groups is 3. The van der Waals surface area contributed by atoms with Crippen LogP contribution in [0.15, 0.2) is 116 Å². The monoisotopic (exact) mass is 743 g/mol. The quantitative estimate of drug-likeness (QED) is 0.0499. The highest BCUT2D eigenvalue weighted by Gasteiger charge is 2.33. The number of ether oxygens (including phenoxy) is 2. The molecule has 0 aliphatic heterocycles. The van der Waals surface area contributed by atoms with Crippen molar-refractivity contribution in [1.82, 2.24) is 15.3 Å². The summed E-state index contributed by atoms with van der Waals surface area (Å²) in [6, 6.07) is 28.6. The minimum atomic E-state index is -1.63. The summed E-state index contributed by atoms with van der Waals surface area (Å²) in [4.78, 5) is 48.7. The second kappa shape index (κ2) is 20.5. The summed E-state index contributed by atoms with van der Waals surface area (Å²) < 4.78 is 11.4. The Labute approximate surface area is 322 Å². The maximum Gasteiger partial charge on any atom is 0.329 e. The van der Waals surface area contributed by atoms with Gasteiger partial charge in [-0.05, 0) is 72.9 Å². The van der Waals surface area contributed by atoms with Crippen LogP contribution in [0.5, 0.6) is 11.5 Å². The van der Waals surface area contributed by atoms with Gasteiger partial charge in [0.15, 0.2) is 17.6 Å². The maximum absolute atomic E-state index is 13.8. The van der Waals surface area contributed by atoms with E-state index >= 15 is 0 Å². The van der Waals surface area contributed by atoms with Crippen LogP contribution in [-0.4, -0.2) is 57.1 Å². The predicted molar refractivity (Wildman–Crippen MR) is 212 cm³/mol. The van der Waals surface area contributed by atoms with Crippen molar-refractivity contribution in [2.24, 2.45) is 5.92 Å². The van der Waals surface area contributed by atoms with Crippen LogP contribution in [-0.2, 0) is 16.0 Å². The van der Waals surface area contributed by atoms with Gasteiger partial charge in [0, 0.05) is 41.4 Å². The molecule has 3 N–H and O–H groups in total. The number of ketones is 1. The minimum Gasteiger partial charge on any atom is -0.494 e. The Morgan fingerprint density at radius 1 is 0.709 bits per heavy atom. The van der Waals surface area contributed by atoms with E-state index < -0.39 is 29.9 Å². The molecule has 55 heavy (non-hydrogen) atoms. The smallest absolute Gasteiger partial charge is 0.329 e. The summed E-state index contributed by atoms with van der Waals surface area (Å²) in [5, 5.41) is 23.4. The van der Waals surface area contributed by atoms with E-state index in [4.69, 9.17) is 9.47 Å².